The van der Waals surface area contributed by atoms with Crippen LogP contribution in [0.4, 0.5) is 0 Å². The van der Waals surface area contributed by atoms with Crippen LogP contribution in [0.1, 0.15) is 33.1 Å². The van der Waals surface area contributed by atoms with Gasteiger partial charge in [0.1, 0.15) is 0 Å². The summed E-state index contributed by atoms with van der Waals surface area (Å²) in [5.41, 5.74) is 0. The maximum atomic E-state index is 5.48. The molecule has 0 radical (unpaired) electrons. The Kier molecular flexibility index (Phi) is 2.69. The molecule has 1 aliphatic heterocycles. The minimum Gasteiger partial charge on any atom is -0.350 e. The highest BCUT2D eigenvalue weighted by atomic mass is 16.7. The zero-order valence-corrected chi connectivity index (χ0v) is 6.85. The molecule has 0 N–H and O–H groups in total. The van der Waals surface area contributed by atoms with Crippen molar-refractivity contribution in [1.82, 2.24) is 0 Å². The van der Waals surface area contributed by atoms with Gasteiger partial charge < -0.3 is 9.47 Å². The topological polar surface area (TPSA) is 18.5 Å². The van der Waals surface area contributed by atoms with E-state index in [-0.39, 0.29) is 5.79 Å². The summed E-state index contributed by atoms with van der Waals surface area (Å²) in [5.74, 6) is -0.271. The van der Waals surface area contributed by atoms with E-state index in [1.54, 1.807) is 0 Å². The summed E-state index contributed by atoms with van der Waals surface area (Å²) < 4.78 is 11.0. The summed E-state index contributed by atoms with van der Waals surface area (Å²) in [6.45, 7) is 5.88. The zero-order chi connectivity index (χ0) is 7.45. The minimum absolute atomic E-state index is 0.271. The van der Waals surface area contributed by atoms with Gasteiger partial charge in [-0.15, -0.1) is 0 Å². The minimum atomic E-state index is -0.271. The van der Waals surface area contributed by atoms with Crippen LogP contribution in [0, 0.1) is 0 Å². The number of rotatable bonds is 2. The van der Waals surface area contributed by atoms with Crippen LogP contribution in [-0.2, 0) is 9.47 Å². The predicted octanol–water partition coefficient (Wildman–Crippen LogP) is 1.94. The monoisotopic (exact) mass is 144 g/mol. The van der Waals surface area contributed by atoms with E-state index in [2.05, 4.69) is 6.92 Å². The summed E-state index contributed by atoms with van der Waals surface area (Å²) in [7, 11) is 0. The van der Waals surface area contributed by atoms with Crippen molar-refractivity contribution < 1.29 is 9.47 Å². The van der Waals surface area contributed by atoms with Crippen LogP contribution in [0.5, 0.6) is 0 Å². The first-order valence-electron chi connectivity index (χ1n) is 4.05. The lowest BCUT2D eigenvalue weighted by Crippen LogP contribution is -2.37. The molecule has 2 nitrogen and oxygen atoms in total. The molecule has 0 saturated carbocycles. The number of ether oxygens (including phenoxy) is 2. The summed E-state index contributed by atoms with van der Waals surface area (Å²) in [6, 6.07) is 0. The van der Waals surface area contributed by atoms with Crippen LogP contribution in [0.2, 0.25) is 0 Å². The molecule has 2 heteroatoms. The standard InChI is InChI=1S/C8H16O2/c1-3-5-8(2)9-6-4-7-10-8/h3-7H2,1-2H3. The largest absolute Gasteiger partial charge is 0.350 e. The Morgan fingerprint density at radius 3 is 2.40 bits per heavy atom. The Balaban J connectivity index is 2.32. The Labute approximate surface area is 62.5 Å². The highest BCUT2D eigenvalue weighted by molar-refractivity contribution is 4.65. The van der Waals surface area contributed by atoms with Crippen LogP contribution < -0.4 is 0 Å². The van der Waals surface area contributed by atoms with E-state index in [1.807, 2.05) is 6.92 Å². The molecule has 1 fully saturated rings. The van der Waals surface area contributed by atoms with E-state index in [9.17, 15) is 0 Å². The maximum Gasteiger partial charge on any atom is 0.165 e. The van der Waals surface area contributed by atoms with Crippen molar-refractivity contribution in [3.05, 3.63) is 0 Å². The average Bonchev–Trinajstić information content (AvgIpc) is 1.89. The molecule has 1 saturated heterocycles. The molecule has 1 aliphatic rings. The van der Waals surface area contributed by atoms with Crippen LogP contribution >= 0.6 is 0 Å². The number of hydrogen-bond donors (Lipinski definition) is 0. The van der Waals surface area contributed by atoms with Crippen LogP contribution in [0.3, 0.4) is 0 Å². The molecule has 0 bridgehead atoms. The van der Waals surface area contributed by atoms with Crippen molar-refractivity contribution in [2.45, 2.75) is 38.9 Å². The van der Waals surface area contributed by atoms with Gasteiger partial charge in [0.2, 0.25) is 0 Å². The molecule has 60 valence electrons. The Hall–Kier alpha value is -0.0800. The molecule has 0 unspecified atom stereocenters. The third-order valence-corrected chi connectivity index (χ3v) is 1.81. The van der Waals surface area contributed by atoms with E-state index in [0.717, 1.165) is 32.5 Å². The van der Waals surface area contributed by atoms with Gasteiger partial charge in [0.25, 0.3) is 0 Å². The smallest absolute Gasteiger partial charge is 0.165 e. The highest BCUT2D eigenvalue weighted by Crippen LogP contribution is 2.22. The third kappa shape index (κ3) is 1.96. The van der Waals surface area contributed by atoms with Gasteiger partial charge in [-0.1, -0.05) is 13.3 Å². The molecule has 10 heavy (non-hydrogen) atoms. The van der Waals surface area contributed by atoms with Gasteiger partial charge in [0.15, 0.2) is 5.79 Å². The second-order valence-corrected chi connectivity index (χ2v) is 2.93. The van der Waals surface area contributed by atoms with Gasteiger partial charge in [-0.2, -0.15) is 0 Å². The van der Waals surface area contributed by atoms with Crippen molar-refractivity contribution in [2.24, 2.45) is 0 Å². The fraction of sp³-hybridized carbons (Fsp3) is 1.00. The van der Waals surface area contributed by atoms with Crippen LogP contribution in [0.25, 0.3) is 0 Å². The van der Waals surface area contributed by atoms with Crippen LogP contribution in [0.15, 0.2) is 0 Å². The van der Waals surface area contributed by atoms with Crippen LogP contribution in [-0.4, -0.2) is 19.0 Å². The first kappa shape index (κ1) is 8.02. The van der Waals surface area contributed by atoms with E-state index < -0.39 is 0 Å². The van der Waals surface area contributed by atoms with Crippen molar-refractivity contribution in [2.75, 3.05) is 13.2 Å². The van der Waals surface area contributed by atoms with Gasteiger partial charge >= 0.3 is 0 Å². The molecule has 0 aliphatic carbocycles. The SMILES string of the molecule is CCCC1(C)OCCCO1. The van der Waals surface area contributed by atoms with Crippen molar-refractivity contribution in [1.29, 1.82) is 0 Å². The molecule has 1 rings (SSSR count). The van der Waals surface area contributed by atoms with Gasteiger partial charge in [-0.3, -0.25) is 0 Å². The average molecular weight is 144 g/mol. The van der Waals surface area contributed by atoms with Crippen molar-refractivity contribution >= 4 is 0 Å². The fourth-order valence-electron chi connectivity index (χ4n) is 1.28. The lowest BCUT2D eigenvalue weighted by Gasteiger charge is -2.33. The molecular formula is C8H16O2. The van der Waals surface area contributed by atoms with E-state index in [0.29, 0.717) is 0 Å². The summed E-state index contributed by atoms with van der Waals surface area (Å²) in [5, 5.41) is 0. The van der Waals surface area contributed by atoms with Gasteiger partial charge in [0.05, 0.1) is 13.2 Å². The molecule has 0 aromatic carbocycles. The lowest BCUT2D eigenvalue weighted by atomic mass is 10.1. The summed E-state index contributed by atoms with van der Waals surface area (Å²) in [6.07, 6.45) is 3.17. The molecule has 0 atom stereocenters. The molecule has 0 aromatic rings. The summed E-state index contributed by atoms with van der Waals surface area (Å²) in [4.78, 5) is 0. The fourth-order valence-corrected chi connectivity index (χ4v) is 1.28. The van der Waals surface area contributed by atoms with Gasteiger partial charge in [-0.25, -0.2) is 0 Å². The zero-order valence-electron chi connectivity index (χ0n) is 6.85. The Bertz CT molecular complexity index is 89.9. The molecule has 0 aromatic heterocycles. The lowest BCUT2D eigenvalue weighted by molar-refractivity contribution is -0.258. The Morgan fingerprint density at radius 1 is 1.30 bits per heavy atom. The molecule has 1 heterocycles. The molecule has 0 spiro atoms. The quantitative estimate of drug-likeness (QED) is 0.589. The second kappa shape index (κ2) is 3.35. The first-order valence-corrected chi connectivity index (χ1v) is 4.05. The number of hydrogen-bond acceptors (Lipinski definition) is 2. The Morgan fingerprint density at radius 2 is 1.90 bits per heavy atom. The molecule has 0 amide bonds. The first-order chi connectivity index (χ1) is 4.77. The van der Waals surface area contributed by atoms with E-state index in [1.165, 1.54) is 0 Å². The maximum absolute atomic E-state index is 5.48. The van der Waals surface area contributed by atoms with E-state index >= 15 is 0 Å². The van der Waals surface area contributed by atoms with E-state index in [4.69, 9.17) is 9.47 Å². The highest BCUT2D eigenvalue weighted by Gasteiger charge is 2.27. The predicted molar refractivity (Wildman–Crippen MR) is 39.8 cm³/mol. The molecular weight excluding hydrogens is 128 g/mol. The van der Waals surface area contributed by atoms with Crippen molar-refractivity contribution in [3.63, 3.8) is 0 Å². The summed E-state index contributed by atoms with van der Waals surface area (Å²) >= 11 is 0. The normalized spacial score (nSPS) is 24.6. The second-order valence-electron chi connectivity index (χ2n) is 2.93. The van der Waals surface area contributed by atoms with Gasteiger partial charge in [-0.05, 0) is 13.3 Å². The third-order valence-electron chi connectivity index (χ3n) is 1.81. The van der Waals surface area contributed by atoms with Gasteiger partial charge in [0, 0.05) is 6.42 Å². The van der Waals surface area contributed by atoms with Crippen molar-refractivity contribution in [3.8, 4) is 0 Å².